The molecule has 6 heteroatoms. The summed E-state index contributed by atoms with van der Waals surface area (Å²) in [6, 6.07) is 0.682. The second-order valence-electron chi connectivity index (χ2n) is 10.7. The van der Waals surface area contributed by atoms with Crippen LogP contribution in [-0.2, 0) is 10.0 Å². The Morgan fingerprint density at radius 3 is 2.34 bits per heavy atom. The van der Waals surface area contributed by atoms with Crippen LogP contribution >= 0.6 is 0 Å². The van der Waals surface area contributed by atoms with E-state index in [-0.39, 0.29) is 11.3 Å². The Morgan fingerprint density at radius 1 is 0.862 bits per heavy atom. The summed E-state index contributed by atoms with van der Waals surface area (Å²) in [5.41, 5.74) is 0. The Morgan fingerprint density at radius 2 is 1.59 bits per heavy atom. The lowest BCUT2D eigenvalue weighted by Gasteiger charge is -2.47. The molecule has 0 aromatic carbocycles. The number of sulfonamides is 1. The van der Waals surface area contributed by atoms with Gasteiger partial charge >= 0.3 is 0 Å². The van der Waals surface area contributed by atoms with Crippen molar-refractivity contribution in [3.63, 3.8) is 0 Å². The van der Waals surface area contributed by atoms with Gasteiger partial charge in [0.25, 0.3) is 0 Å². The Hall–Kier alpha value is -0.170. The van der Waals surface area contributed by atoms with E-state index in [4.69, 9.17) is 0 Å². The number of likely N-dealkylation sites (tertiary alicyclic amines) is 1. The predicted octanol–water partition coefficient (Wildman–Crippen LogP) is 3.46. The zero-order chi connectivity index (χ0) is 20.4. The van der Waals surface area contributed by atoms with Crippen LogP contribution in [0, 0.1) is 17.8 Å². The fraction of sp³-hybridized carbons (Fsp3) is 1.00. The van der Waals surface area contributed by atoms with Gasteiger partial charge in [-0.3, -0.25) is 0 Å². The zero-order valence-electron chi connectivity index (χ0n) is 18.7. The SMILES string of the molecule is CN(C)C1CCCC2C1CCCC2S(=O)(=O)N[C@H]1CCN(CC2CCCCC2)C1. The minimum absolute atomic E-state index is 0.122. The smallest absolute Gasteiger partial charge is 0.215 e. The summed E-state index contributed by atoms with van der Waals surface area (Å²) in [6.45, 7) is 3.15. The van der Waals surface area contributed by atoms with Crippen LogP contribution in [-0.4, -0.2) is 69.3 Å². The van der Waals surface area contributed by atoms with Crippen LogP contribution in [0.3, 0.4) is 0 Å². The zero-order valence-corrected chi connectivity index (χ0v) is 19.5. The maximum absolute atomic E-state index is 13.4. The van der Waals surface area contributed by atoms with E-state index < -0.39 is 10.0 Å². The molecule has 4 aliphatic rings. The summed E-state index contributed by atoms with van der Waals surface area (Å²) in [7, 11) is 1.10. The van der Waals surface area contributed by atoms with Crippen molar-refractivity contribution in [3.8, 4) is 0 Å². The van der Waals surface area contributed by atoms with E-state index in [1.165, 1.54) is 57.9 Å². The lowest BCUT2D eigenvalue weighted by atomic mass is 9.68. The highest BCUT2D eigenvalue weighted by molar-refractivity contribution is 7.90. The highest BCUT2D eigenvalue weighted by Crippen LogP contribution is 2.44. The quantitative estimate of drug-likeness (QED) is 0.708. The van der Waals surface area contributed by atoms with Crippen molar-refractivity contribution in [1.29, 1.82) is 0 Å². The highest BCUT2D eigenvalue weighted by atomic mass is 32.2. The molecule has 4 fully saturated rings. The molecule has 3 saturated carbocycles. The summed E-state index contributed by atoms with van der Waals surface area (Å²) in [4.78, 5) is 4.87. The van der Waals surface area contributed by atoms with Crippen molar-refractivity contribution in [2.24, 2.45) is 17.8 Å². The van der Waals surface area contributed by atoms with Crippen LogP contribution in [0.4, 0.5) is 0 Å². The first kappa shape index (κ1) is 22.0. The summed E-state index contributed by atoms with van der Waals surface area (Å²) in [5.74, 6) is 1.74. The topological polar surface area (TPSA) is 52.7 Å². The molecule has 0 bridgehead atoms. The molecular weight excluding hydrogens is 382 g/mol. The molecule has 168 valence electrons. The second kappa shape index (κ2) is 9.54. The Kier molecular flexibility index (Phi) is 7.25. The van der Waals surface area contributed by atoms with Crippen molar-refractivity contribution in [3.05, 3.63) is 0 Å². The summed E-state index contributed by atoms with van der Waals surface area (Å²) < 4.78 is 30.0. The molecule has 0 amide bonds. The van der Waals surface area contributed by atoms with Crippen LogP contribution in [0.1, 0.15) is 77.0 Å². The third-order valence-corrected chi connectivity index (χ3v) is 10.5. The Labute approximate surface area is 179 Å². The fourth-order valence-corrected chi connectivity index (χ4v) is 9.20. The van der Waals surface area contributed by atoms with E-state index in [0.29, 0.717) is 17.9 Å². The van der Waals surface area contributed by atoms with E-state index in [1.807, 2.05) is 0 Å². The van der Waals surface area contributed by atoms with E-state index in [0.717, 1.165) is 44.7 Å². The number of fused-ring (bicyclic) bond motifs is 1. The van der Waals surface area contributed by atoms with Crippen LogP contribution in [0.5, 0.6) is 0 Å². The van der Waals surface area contributed by atoms with Gasteiger partial charge in [-0.1, -0.05) is 32.1 Å². The van der Waals surface area contributed by atoms with Crippen molar-refractivity contribution in [2.45, 2.75) is 94.4 Å². The highest BCUT2D eigenvalue weighted by Gasteiger charge is 2.46. The van der Waals surface area contributed by atoms with Crippen molar-refractivity contribution < 1.29 is 8.42 Å². The first-order chi connectivity index (χ1) is 13.9. The van der Waals surface area contributed by atoms with Crippen molar-refractivity contribution >= 4 is 10.0 Å². The third-order valence-electron chi connectivity index (χ3n) is 8.49. The van der Waals surface area contributed by atoms with Crippen LogP contribution < -0.4 is 4.72 Å². The van der Waals surface area contributed by atoms with Crippen LogP contribution in [0.15, 0.2) is 0 Å². The molecule has 29 heavy (non-hydrogen) atoms. The molecule has 5 atom stereocenters. The monoisotopic (exact) mass is 425 g/mol. The number of hydrogen-bond acceptors (Lipinski definition) is 4. The number of nitrogens with one attached hydrogen (secondary N) is 1. The fourth-order valence-electron chi connectivity index (χ4n) is 7.09. The van der Waals surface area contributed by atoms with Gasteiger partial charge in [-0.2, -0.15) is 0 Å². The first-order valence-electron chi connectivity index (χ1n) is 12.3. The maximum Gasteiger partial charge on any atom is 0.215 e. The minimum atomic E-state index is -3.24. The van der Waals surface area contributed by atoms with E-state index in [2.05, 4.69) is 28.6 Å². The maximum atomic E-state index is 13.4. The van der Waals surface area contributed by atoms with Gasteiger partial charge in [0.05, 0.1) is 5.25 Å². The minimum Gasteiger partial charge on any atom is -0.306 e. The van der Waals surface area contributed by atoms with Gasteiger partial charge in [-0.15, -0.1) is 0 Å². The lowest BCUT2D eigenvalue weighted by molar-refractivity contribution is 0.0712. The van der Waals surface area contributed by atoms with Gasteiger partial charge in [0, 0.05) is 25.2 Å². The predicted molar refractivity (Wildman–Crippen MR) is 119 cm³/mol. The molecule has 0 spiro atoms. The van der Waals surface area contributed by atoms with Gasteiger partial charge < -0.3 is 9.80 Å². The van der Waals surface area contributed by atoms with Gasteiger partial charge in [-0.05, 0) is 83.3 Å². The summed E-state index contributed by atoms with van der Waals surface area (Å²) in [6.07, 6.45) is 14.5. The van der Waals surface area contributed by atoms with Crippen LogP contribution in [0.2, 0.25) is 0 Å². The Bertz CT molecular complexity index is 632. The first-order valence-corrected chi connectivity index (χ1v) is 13.9. The summed E-state index contributed by atoms with van der Waals surface area (Å²) in [5, 5.41) is -0.170. The molecule has 1 aliphatic heterocycles. The Balaban J connectivity index is 1.34. The third kappa shape index (κ3) is 5.19. The molecular formula is C23H43N3O2S. The average Bonchev–Trinajstić information content (AvgIpc) is 3.13. The molecule has 4 rings (SSSR count). The average molecular weight is 426 g/mol. The normalized spacial score (nSPS) is 37.7. The van der Waals surface area contributed by atoms with E-state index in [9.17, 15) is 8.42 Å². The number of nitrogens with zero attached hydrogens (tertiary/aromatic N) is 2. The van der Waals surface area contributed by atoms with Crippen molar-refractivity contribution in [1.82, 2.24) is 14.5 Å². The van der Waals surface area contributed by atoms with E-state index in [1.54, 1.807) is 0 Å². The number of rotatable bonds is 6. The van der Waals surface area contributed by atoms with Crippen molar-refractivity contribution in [2.75, 3.05) is 33.7 Å². The molecule has 4 unspecified atom stereocenters. The molecule has 0 aromatic rings. The molecule has 0 radical (unpaired) electrons. The summed E-state index contributed by atoms with van der Waals surface area (Å²) >= 11 is 0. The van der Waals surface area contributed by atoms with Gasteiger partial charge in [-0.25, -0.2) is 13.1 Å². The molecule has 1 N–H and O–H groups in total. The molecule has 5 nitrogen and oxygen atoms in total. The van der Waals surface area contributed by atoms with Gasteiger partial charge in [0.1, 0.15) is 0 Å². The van der Waals surface area contributed by atoms with Crippen LogP contribution in [0.25, 0.3) is 0 Å². The number of hydrogen-bond donors (Lipinski definition) is 1. The van der Waals surface area contributed by atoms with Gasteiger partial charge in [0.15, 0.2) is 0 Å². The van der Waals surface area contributed by atoms with E-state index >= 15 is 0 Å². The largest absolute Gasteiger partial charge is 0.306 e. The lowest BCUT2D eigenvalue weighted by Crippen LogP contribution is -2.53. The second-order valence-corrected chi connectivity index (χ2v) is 12.6. The standard InChI is InChI=1S/C23H43N3O2S/c1-25(2)22-12-6-11-21-20(22)10-7-13-23(21)29(27,28)24-19-14-15-26(17-19)16-18-8-4-3-5-9-18/h18-24H,3-17H2,1-2H3/t19-,20?,21?,22?,23?/m0/s1. The molecule has 0 aromatic heterocycles. The molecule has 3 aliphatic carbocycles. The molecule has 1 heterocycles. The molecule has 1 saturated heterocycles. The van der Waals surface area contributed by atoms with Gasteiger partial charge in [0.2, 0.25) is 10.0 Å².